The lowest BCUT2D eigenvalue weighted by molar-refractivity contribution is -0.118. The summed E-state index contributed by atoms with van der Waals surface area (Å²) in [5.74, 6) is 0.637. The van der Waals surface area contributed by atoms with Gasteiger partial charge in [0.1, 0.15) is 0 Å². The first-order valence-electron chi connectivity index (χ1n) is 6.56. The fourth-order valence-electron chi connectivity index (χ4n) is 2.47. The van der Waals surface area contributed by atoms with Crippen LogP contribution in [0.2, 0.25) is 0 Å². The summed E-state index contributed by atoms with van der Waals surface area (Å²) in [4.78, 5) is 13.3. The van der Waals surface area contributed by atoms with Crippen molar-refractivity contribution in [2.24, 2.45) is 5.92 Å². The van der Waals surface area contributed by atoms with E-state index in [-0.39, 0.29) is 5.91 Å². The first-order chi connectivity index (χ1) is 8.49. The highest BCUT2D eigenvalue weighted by atomic mass is 16.3. The van der Waals surface area contributed by atoms with Crippen molar-refractivity contribution in [3.05, 3.63) is 29.3 Å². The topological polar surface area (TPSA) is 40.5 Å². The maximum atomic E-state index is 11.6. The predicted octanol–water partition coefficient (Wildman–Crippen LogP) is 2.68. The molecule has 0 saturated heterocycles. The number of hydrogen-bond acceptors (Lipinski definition) is 2. The summed E-state index contributed by atoms with van der Waals surface area (Å²) in [6.45, 7) is 4.21. The minimum Gasteiger partial charge on any atom is -0.388 e. The van der Waals surface area contributed by atoms with Gasteiger partial charge in [-0.1, -0.05) is 26.0 Å². The lowest BCUT2D eigenvalue weighted by Gasteiger charge is -2.26. The molecule has 0 bridgehead atoms. The largest absolute Gasteiger partial charge is 0.388 e. The summed E-state index contributed by atoms with van der Waals surface area (Å²) < 4.78 is 0. The van der Waals surface area contributed by atoms with Crippen LogP contribution in [-0.4, -0.2) is 18.1 Å². The molecule has 0 aromatic heterocycles. The SMILES string of the molecule is CC(C)CC(O)c1ccc2c(c1)CCC(=O)N2C. The summed E-state index contributed by atoms with van der Waals surface area (Å²) in [7, 11) is 1.81. The summed E-state index contributed by atoms with van der Waals surface area (Å²) in [6.07, 6.45) is 1.71. The second kappa shape index (κ2) is 5.11. The molecule has 1 atom stereocenters. The van der Waals surface area contributed by atoms with Crippen molar-refractivity contribution in [1.29, 1.82) is 0 Å². The Morgan fingerprint density at radius 1 is 1.33 bits per heavy atom. The molecule has 0 aliphatic carbocycles. The van der Waals surface area contributed by atoms with Gasteiger partial charge in [0.05, 0.1) is 6.10 Å². The molecule has 1 aromatic rings. The van der Waals surface area contributed by atoms with Crippen molar-refractivity contribution < 1.29 is 9.90 Å². The van der Waals surface area contributed by atoms with Crippen LogP contribution in [-0.2, 0) is 11.2 Å². The number of carbonyl (C=O) groups excluding carboxylic acids is 1. The molecule has 18 heavy (non-hydrogen) atoms. The number of anilines is 1. The van der Waals surface area contributed by atoms with Gasteiger partial charge in [-0.05, 0) is 36.0 Å². The quantitative estimate of drug-likeness (QED) is 0.892. The molecule has 1 amide bonds. The average molecular weight is 247 g/mol. The zero-order valence-electron chi connectivity index (χ0n) is 11.3. The highest BCUT2D eigenvalue weighted by Crippen LogP contribution is 2.30. The predicted molar refractivity (Wildman–Crippen MR) is 72.6 cm³/mol. The van der Waals surface area contributed by atoms with Gasteiger partial charge in [-0.15, -0.1) is 0 Å². The van der Waals surface area contributed by atoms with Gasteiger partial charge >= 0.3 is 0 Å². The summed E-state index contributed by atoms with van der Waals surface area (Å²) >= 11 is 0. The number of fused-ring (bicyclic) bond motifs is 1. The van der Waals surface area contributed by atoms with Crippen molar-refractivity contribution in [1.82, 2.24) is 0 Å². The van der Waals surface area contributed by atoms with Gasteiger partial charge in [0.25, 0.3) is 0 Å². The monoisotopic (exact) mass is 247 g/mol. The number of carbonyl (C=O) groups is 1. The smallest absolute Gasteiger partial charge is 0.227 e. The average Bonchev–Trinajstić information content (AvgIpc) is 2.32. The fourth-order valence-corrected chi connectivity index (χ4v) is 2.47. The van der Waals surface area contributed by atoms with Gasteiger partial charge < -0.3 is 10.0 Å². The first kappa shape index (κ1) is 13.1. The second-order valence-corrected chi connectivity index (χ2v) is 5.49. The molecule has 1 N–H and O–H groups in total. The Kier molecular flexibility index (Phi) is 3.71. The molecule has 0 spiro atoms. The van der Waals surface area contributed by atoms with Gasteiger partial charge in [0.2, 0.25) is 5.91 Å². The molecule has 3 nitrogen and oxygen atoms in total. The van der Waals surface area contributed by atoms with Crippen LogP contribution in [0.3, 0.4) is 0 Å². The van der Waals surface area contributed by atoms with Gasteiger partial charge in [-0.25, -0.2) is 0 Å². The highest BCUT2D eigenvalue weighted by molar-refractivity contribution is 5.95. The van der Waals surface area contributed by atoms with Crippen LogP contribution in [0.25, 0.3) is 0 Å². The van der Waals surface area contributed by atoms with Crippen LogP contribution < -0.4 is 4.90 Å². The number of rotatable bonds is 3. The standard InChI is InChI=1S/C15H21NO2/c1-10(2)8-14(17)12-4-6-13-11(9-12)5-7-15(18)16(13)3/h4,6,9-10,14,17H,5,7-8H2,1-3H3. The van der Waals surface area contributed by atoms with E-state index in [0.717, 1.165) is 29.7 Å². The van der Waals surface area contributed by atoms with Crippen molar-refractivity contribution in [3.8, 4) is 0 Å². The third kappa shape index (κ3) is 2.56. The molecule has 0 fully saturated rings. The Morgan fingerprint density at radius 2 is 2.06 bits per heavy atom. The molecule has 1 aromatic carbocycles. The van der Waals surface area contributed by atoms with E-state index >= 15 is 0 Å². The molecule has 0 radical (unpaired) electrons. The molecule has 1 aliphatic rings. The second-order valence-electron chi connectivity index (χ2n) is 5.49. The van der Waals surface area contributed by atoms with Crippen LogP contribution in [0.4, 0.5) is 5.69 Å². The molecule has 98 valence electrons. The minimum atomic E-state index is -0.404. The molecular formula is C15H21NO2. The Labute approximate surface area is 108 Å². The molecule has 1 heterocycles. The van der Waals surface area contributed by atoms with Gasteiger partial charge in [0.15, 0.2) is 0 Å². The van der Waals surface area contributed by atoms with E-state index in [1.54, 1.807) is 4.90 Å². The van der Waals surface area contributed by atoms with Gasteiger partial charge in [-0.3, -0.25) is 4.79 Å². The van der Waals surface area contributed by atoms with E-state index in [0.29, 0.717) is 12.3 Å². The molecule has 1 unspecified atom stereocenters. The maximum absolute atomic E-state index is 11.6. The number of amides is 1. The molecule has 2 rings (SSSR count). The maximum Gasteiger partial charge on any atom is 0.227 e. The summed E-state index contributed by atoms with van der Waals surface area (Å²) in [6, 6.07) is 5.93. The Bertz CT molecular complexity index is 454. The highest BCUT2D eigenvalue weighted by Gasteiger charge is 2.21. The van der Waals surface area contributed by atoms with Crippen molar-refractivity contribution in [3.63, 3.8) is 0 Å². The zero-order chi connectivity index (χ0) is 13.3. The molecular weight excluding hydrogens is 226 g/mol. The van der Waals surface area contributed by atoms with E-state index in [1.165, 1.54) is 0 Å². The zero-order valence-corrected chi connectivity index (χ0v) is 11.3. The number of benzene rings is 1. The Balaban J connectivity index is 2.25. The van der Waals surface area contributed by atoms with E-state index in [9.17, 15) is 9.90 Å². The number of aliphatic hydroxyl groups is 1. The summed E-state index contributed by atoms with van der Waals surface area (Å²) in [5.41, 5.74) is 3.11. The van der Waals surface area contributed by atoms with Crippen molar-refractivity contribution in [2.75, 3.05) is 11.9 Å². The van der Waals surface area contributed by atoms with E-state index in [1.807, 2.05) is 25.2 Å². The third-order valence-electron chi connectivity index (χ3n) is 3.53. The minimum absolute atomic E-state index is 0.165. The number of aliphatic hydroxyl groups excluding tert-OH is 1. The van der Waals surface area contributed by atoms with E-state index in [4.69, 9.17) is 0 Å². The number of nitrogens with zero attached hydrogens (tertiary/aromatic N) is 1. The van der Waals surface area contributed by atoms with E-state index in [2.05, 4.69) is 13.8 Å². The molecule has 3 heteroatoms. The van der Waals surface area contributed by atoms with Gasteiger partial charge in [0, 0.05) is 19.2 Å². The normalized spacial score (nSPS) is 16.9. The lowest BCUT2D eigenvalue weighted by atomic mass is 9.94. The third-order valence-corrected chi connectivity index (χ3v) is 3.53. The van der Waals surface area contributed by atoms with Crippen LogP contribution in [0.15, 0.2) is 18.2 Å². The molecule has 0 saturated carbocycles. The first-order valence-corrected chi connectivity index (χ1v) is 6.56. The Hall–Kier alpha value is -1.35. The Morgan fingerprint density at radius 3 is 2.72 bits per heavy atom. The molecule has 1 aliphatic heterocycles. The van der Waals surface area contributed by atoms with Crippen LogP contribution in [0.1, 0.15) is 43.9 Å². The van der Waals surface area contributed by atoms with Crippen molar-refractivity contribution in [2.45, 2.75) is 39.2 Å². The number of hydrogen-bond donors (Lipinski definition) is 1. The van der Waals surface area contributed by atoms with Crippen LogP contribution in [0, 0.1) is 5.92 Å². The van der Waals surface area contributed by atoms with Gasteiger partial charge in [-0.2, -0.15) is 0 Å². The lowest BCUT2D eigenvalue weighted by Crippen LogP contribution is -2.31. The van der Waals surface area contributed by atoms with Crippen molar-refractivity contribution >= 4 is 11.6 Å². The van der Waals surface area contributed by atoms with Crippen LogP contribution in [0.5, 0.6) is 0 Å². The summed E-state index contributed by atoms with van der Waals surface area (Å²) in [5, 5.41) is 10.1. The number of aryl methyl sites for hydroxylation is 1. The van der Waals surface area contributed by atoms with Crippen LogP contribution >= 0.6 is 0 Å². The fraction of sp³-hybridized carbons (Fsp3) is 0.533. The van der Waals surface area contributed by atoms with E-state index < -0.39 is 6.10 Å².